The monoisotopic (exact) mass is 698 g/mol. The third-order valence-electron chi connectivity index (χ3n) is 9.02. The number of alkyl halides is 2. The molecule has 0 saturated carbocycles. The van der Waals surface area contributed by atoms with Gasteiger partial charge >= 0.3 is 0 Å². The first kappa shape index (κ1) is 33.4. The normalized spacial score (nSPS) is 17.7. The molecule has 3 nitrogen and oxygen atoms in total. The van der Waals surface area contributed by atoms with Crippen LogP contribution in [0.1, 0.15) is 56.0 Å². The van der Waals surface area contributed by atoms with Crippen LogP contribution in [-0.4, -0.2) is 38.3 Å². The van der Waals surface area contributed by atoms with Crippen molar-refractivity contribution < 1.29 is 22.0 Å². The Morgan fingerprint density at radius 1 is 0.911 bits per heavy atom. The molecule has 0 radical (unpaired) electrons. The van der Waals surface area contributed by atoms with Crippen molar-refractivity contribution in [3.8, 4) is 0 Å². The Labute approximate surface area is 272 Å². The molecule has 0 amide bonds. The van der Waals surface area contributed by atoms with Crippen molar-refractivity contribution >= 4 is 40.3 Å². The molecule has 5 rings (SSSR count). The molecule has 45 heavy (non-hydrogen) atoms. The number of fused-ring (bicyclic) bond motifs is 1. The van der Waals surface area contributed by atoms with Gasteiger partial charge in [0.25, 0.3) is 14.2 Å². The quantitative estimate of drug-likeness (QED) is 0.115. The maximum atomic E-state index is 16.4. The number of hydrogen-bond acceptors (Lipinski definition) is 3. The number of halogens is 5. The molecule has 0 aliphatic carbocycles. The molecule has 1 aliphatic rings. The summed E-state index contributed by atoms with van der Waals surface area (Å²) >= 11 is 3.15. The van der Waals surface area contributed by atoms with E-state index in [0.717, 1.165) is 21.5 Å². The molecule has 9 heteroatoms. The highest BCUT2D eigenvalue weighted by atomic mass is 79.9. The van der Waals surface area contributed by atoms with Crippen LogP contribution in [0.5, 0.6) is 0 Å². The van der Waals surface area contributed by atoms with Crippen LogP contribution in [0.3, 0.4) is 0 Å². The highest BCUT2D eigenvalue weighted by molar-refractivity contribution is 9.10. The molecule has 2 N–H and O–H groups in total. The van der Waals surface area contributed by atoms with Crippen LogP contribution < -0.4 is 16.1 Å². The predicted molar refractivity (Wildman–Crippen MR) is 180 cm³/mol. The third kappa shape index (κ3) is 6.37. The summed E-state index contributed by atoms with van der Waals surface area (Å²) < 4.78 is 70.9. The van der Waals surface area contributed by atoms with Crippen LogP contribution in [0, 0.1) is 18.6 Å². The Morgan fingerprint density at radius 2 is 1.44 bits per heavy atom. The highest BCUT2D eigenvalue weighted by Gasteiger charge is 2.52. The largest absolute Gasteiger partial charge is 0.401 e. The van der Waals surface area contributed by atoms with E-state index < -0.39 is 56.1 Å². The molecule has 1 heterocycles. The van der Waals surface area contributed by atoms with Gasteiger partial charge in [0.05, 0.1) is 19.2 Å². The molecule has 1 aliphatic heterocycles. The van der Waals surface area contributed by atoms with E-state index in [1.54, 1.807) is 12.1 Å². The van der Waals surface area contributed by atoms with E-state index in [9.17, 15) is 0 Å². The Balaban J connectivity index is 1.57. The van der Waals surface area contributed by atoms with E-state index in [1.807, 2.05) is 95.3 Å². The third-order valence-corrected chi connectivity index (χ3v) is 14.5. The smallest absolute Gasteiger partial charge is 0.282 e. The van der Waals surface area contributed by atoms with Crippen molar-refractivity contribution in [3.05, 3.63) is 123 Å². The van der Waals surface area contributed by atoms with Crippen molar-refractivity contribution in [1.82, 2.24) is 4.90 Å². The Kier molecular flexibility index (Phi) is 9.39. The molecule has 238 valence electrons. The summed E-state index contributed by atoms with van der Waals surface area (Å²) in [5, 5.41) is 1.29. The average molecular weight is 700 g/mol. The zero-order valence-electron chi connectivity index (χ0n) is 26.2. The fourth-order valence-corrected chi connectivity index (χ4v) is 11.8. The molecule has 0 unspecified atom stereocenters. The van der Waals surface area contributed by atoms with Crippen molar-refractivity contribution in [2.45, 2.75) is 64.1 Å². The molecule has 0 aromatic heterocycles. The minimum Gasteiger partial charge on any atom is -0.401 e. The standard InChI is InChI=1S/C36H39BrF4N2OSi/c1-23-18-29-24(2)32(42)17-16-28(29)34(33-30(38)19-25(37)20-31(33)39)43(23)21-36(40,41)22-44-45(35(3,4)5,26-12-8-6-9-13-26)27-14-10-7-11-15-27/h6-17,19-20,23,34H,18,21-22,42H2,1-5H3/t23-,34+/m1/s1. The van der Waals surface area contributed by atoms with Gasteiger partial charge < -0.3 is 10.2 Å². The number of nitrogens with two attached hydrogens (primary N) is 1. The summed E-state index contributed by atoms with van der Waals surface area (Å²) in [6.45, 7) is 8.16. The molecule has 0 spiro atoms. The Hall–Kier alpha value is -2.98. The van der Waals surface area contributed by atoms with Crippen molar-refractivity contribution in [2.24, 2.45) is 0 Å². The highest BCUT2D eigenvalue weighted by Crippen LogP contribution is 2.44. The van der Waals surface area contributed by atoms with Gasteiger partial charge in [0, 0.05) is 21.8 Å². The van der Waals surface area contributed by atoms with Crippen LogP contribution in [0.2, 0.25) is 5.04 Å². The van der Waals surface area contributed by atoms with Crippen molar-refractivity contribution in [1.29, 1.82) is 0 Å². The van der Waals surface area contributed by atoms with Crippen molar-refractivity contribution in [3.63, 3.8) is 0 Å². The van der Waals surface area contributed by atoms with E-state index >= 15 is 17.6 Å². The number of anilines is 1. The lowest BCUT2D eigenvalue weighted by Crippen LogP contribution is -2.67. The average Bonchev–Trinajstić information content (AvgIpc) is 2.97. The molecule has 0 saturated heterocycles. The maximum absolute atomic E-state index is 16.4. The molecular weight excluding hydrogens is 660 g/mol. The minimum atomic E-state index is -3.36. The first-order valence-electron chi connectivity index (χ1n) is 15.1. The van der Waals surface area contributed by atoms with Gasteiger partial charge in [0.15, 0.2) is 0 Å². The van der Waals surface area contributed by atoms with Gasteiger partial charge in [-0.2, -0.15) is 0 Å². The molecule has 2 atom stereocenters. The Morgan fingerprint density at radius 3 is 1.96 bits per heavy atom. The molecule has 4 aromatic rings. The summed E-state index contributed by atoms with van der Waals surface area (Å²) in [6.07, 6.45) is 0.411. The van der Waals surface area contributed by atoms with Gasteiger partial charge in [-0.3, -0.25) is 4.90 Å². The first-order valence-corrected chi connectivity index (χ1v) is 17.8. The van der Waals surface area contributed by atoms with Crippen molar-refractivity contribution in [2.75, 3.05) is 18.9 Å². The van der Waals surface area contributed by atoms with Gasteiger partial charge in [0.2, 0.25) is 0 Å². The number of nitrogen functional groups attached to an aromatic ring is 1. The summed E-state index contributed by atoms with van der Waals surface area (Å²) in [6, 6.07) is 23.4. The van der Waals surface area contributed by atoms with Gasteiger partial charge in [-0.25, -0.2) is 17.6 Å². The lowest BCUT2D eigenvalue weighted by atomic mass is 9.82. The van der Waals surface area contributed by atoms with E-state index in [1.165, 1.54) is 17.0 Å². The van der Waals surface area contributed by atoms with Gasteiger partial charge in [0.1, 0.15) is 11.6 Å². The molecule has 0 fully saturated rings. The second-order valence-electron chi connectivity index (χ2n) is 13.1. The van der Waals surface area contributed by atoms with Gasteiger partial charge in [-0.1, -0.05) is 103 Å². The maximum Gasteiger partial charge on any atom is 0.282 e. The van der Waals surface area contributed by atoms with Crippen LogP contribution in [0.25, 0.3) is 0 Å². The lowest BCUT2D eigenvalue weighted by Gasteiger charge is -2.46. The number of hydrogen-bond donors (Lipinski definition) is 1. The SMILES string of the molecule is Cc1c(N)ccc2c1C[C@@H](C)N(CC(F)(F)CO[Si](c1ccccc1)(c1ccccc1)C(C)(C)C)[C@@H]2c1c(F)cc(Br)cc1F. The van der Waals surface area contributed by atoms with Gasteiger partial charge in [-0.15, -0.1) is 0 Å². The first-order chi connectivity index (χ1) is 21.2. The fraction of sp³-hybridized carbons (Fsp3) is 0.333. The zero-order chi connectivity index (χ0) is 32.7. The van der Waals surface area contributed by atoms with Gasteiger partial charge in [-0.05, 0) is 70.6 Å². The van der Waals surface area contributed by atoms with Crippen LogP contribution >= 0.6 is 15.9 Å². The lowest BCUT2D eigenvalue weighted by molar-refractivity contribution is -0.0823. The van der Waals surface area contributed by atoms with Crippen LogP contribution in [-0.2, 0) is 10.8 Å². The number of nitrogens with zero attached hydrogens (tertiary/aromatic N) is 1. The molecule has 0 bridgehead atoms. The fourth-order valence-electron chi connectivity index (χ4n) is 6.84. The summed E-state index contributed by atoms with van der Waals surface area (Å²) in [5.41, 5.74) is 8.68. The zero-order valence-corrected chi connectivity index (χ0v) is 28.8. The van der Waals surface area contributed by atoms with E-state index in [2.05, 4.69) is 15.9 Å². The van der Waals surface area contributed by atoms with Crippen LogP contribution in [0.4, 0.5) is 23.2 Å². The Bertz CT molecular complexity index is 1600. The molecular formula is C36H39BrF4N2OSi. The second kappa shape index (κ2) is 12.7. The van der Waals surface area contributed by atoms with E-state index in [-0.39, 0.29) is 10.0 Å². The summed E-state index contributed by atoms with van der Waals surface area (Å²) in [7, 11) is -3.26. The topological polar surface area (TPSA) is 38.5 Å². The van der Waals surface area contributed by atoms with E-state index in [4.69, 9.17) is 10.2 Å². The predicted octanol–water partition coefficient (Wildman–Crippen LogP) is 8.17. The van der Waals surface area contributed by atoms with E-state index in [0.29, 0.717) is 17.7 Å². The van der Waals surface area contributed by atoms with Crippen LogP contribution in [0.15, 0.2) is 89.4 Å². The molecule has 4 aromatic carbocycles. The summed E-state index contributed by atoms with van der Waals surface area (Å²) in [4.78, 5) is 1.52. The summed E-state index contributed by atoms with van der Waals surface area (Å²) in [5.74, 6) is -4.97. The number of rotatable bonds is 8. The second-order valence-corrected chi connectivity index (χ2v) is 18.3. The minimum absolute atomic E-state index is 0.231. The number of benzene rings is 4.